The molecule has 3 aromatic carbocycles. The summed E-state index contributed by atoms with van der Waals surface area (Å²) < 4.78 is 0. The van der Waals surface area contributed by atoms with Crippen LogP contribution < -0.4 is 15.9 Å². The van der Waals surface area contributed by atoms with Gasteiger partial charge in [-0.3, -0.25) is 14.9 Å². The number of ketones is 1. The molecule has 0 fully saturated rings. The van der Waals surface area contributed by atoms with Crippen molar-refractivity contribution >= 4 is 45.9 Å². The molecule has 1 amide bonds. The molecule has 0 spiro atoms. The van der Waals surface area contributed by atoms with Gasteiger partial charge in [0, 0.05) is 21.6 Å². The number of amides is 1. The predicted molar refractivity (Wildman–Crippen MR) is 125 cm³/mol. The minimum Gasteiger partial charge on any atom is -0.298 e. The number of rotatable bonds is 4. The van der Waals surface area contributed by atoms with Crippen LogP contribution in [0.15, 0.2) is 89.0 Å². The van der Waals surface area contributed by atoms with Crippen molar-refractivity contribution in [2.45, 2.75) is 11.9 Å². The highest BCUT2D eigenvalue weighted by atomic mass is 35.5. The Balaban J connectivity index is 1.53. The molecule has 2 aliphatic heterocycles. The SMILES string of the molecule is O=C1NC(SCc2ccc(Cl)cc2)=NN2C1=c1ccccc1=N[C@@H]2C(=O)c1ccccc1. The third-order valence-electron chi connectivity index (χ3n) is 5.10. The molecule has 6 nitrogen and oxygen atoms in total. The van der Waals surface area contributed by atoms with Crippen LogP contribution in [0, 0.1) is 0 Å². The van der Waals surface area contributed by atoms with Crippen LogP contribution in [0.25, 0.3) is 5.70 Å². The molecule has 1 atom stereocenters. The molecule has 32 heavy (non-hydrogen) atoms. The third-order valence-corrected chi connectivity index (χ3v) is 6.28. The van der Waals surface area contributed by atoms with Crippen molar-refractivity contribution in [3.63, 3.8) is 0 Å². The molecule has 0 aromatic heterocycles. The lowest BCUT2D eigenvalue weighted by Gasteiger charge is -2.33. The summed E-state index contributed by atoms with van der Waals surface area (Å²) in [7, 11) is 0. The third kappa shape index (κ3) is 3.92. The number of hydrogen-bond acceptors (Lipinski definition) is 6. The van der Waals surface area contributed by atoms with E-state index in [-0.39, 0.29) is 11.7 Å². The normalized spacial score (nSPS) is 17.0. The van der Waals surface area contributed by atoms with Crippen LogP contribution in [-0.2, 0) is 10.5 Å². The maximum Gasteiger partial charge on any atom is 0.276 e. The number of fused-ring (bicyclic) bond motifs is 2. The number of nitrogens with one attached hydrogen (secondary N) is 1. The van der Waals surface area contributed by atoms with Gasteiger partial charge in [0.05, 0.1) is 5.36 Å². The maximum atomic E-state index is 13.3. The fourth-order valence-electron chi connectivity index (χ4n) is 3.55. The van der Waals surface area contributed by atoms with Crippen LogP contribution in [0.3, 0.4) is 0 Å². The average molecular weight is 461 g/mol. The molecule has 0 saturated heterocycles. The molecular weight excluding hydrogens is 444 g/mol. The number of halogens is 1. The second-order valence-electron chi connectivity index (χ2n) is 7.22. The van der Waals surface area contributed by atoms with E-state index in [2.05, 4.69) is 15.4 Å². The molecule has 158 valence electrons. The van der Waals surface area contributed by atoms with Gasteiger partial charge in [0.15, 0.2) is 5.17 Å². The Morgan fingerprint density at radius 3 is 2.50 bits per heavy atom. The highest BCUT2D eigenvalue weighted by Crippen LogP contribution is 2.24. The van der Waals surface area contributed by atoms with Crippen molar-refractivity contribution in [2.75, 3.05) is 0 Å². The van der Waals surface area contributed by atoms with Crippen molar-refractivity contribution in [3.8, 4) is 0 Å². The number of carbonyl (C=O) groups excluding carboxylic acids is 2. The van der Waals surface area contributed by atoms with E-state index in [0.29, 0.717) is 37.8 Å². The number of amidine groups is 1. The number of hydrogen-bond donors (Lipinski definition) is 1. The topological polar surface area (TPSA) is 74.1 Å². The van der Waals surface area contributed by atoms with Crippen molar-refractivity contribution in [1.82, 2.24) is 10.3 Å². The zero-order valence-corrected chi connectivity index (χ0v) is 18.3. The first-order valence-corrected chi connectivity index (χ1v) is 11.3. The summed E-state index contributed by atoms with van der Waals surface area (Å²) in [6, 6.07) is 23.7. The summed E-state index contributed by atoms with van der Waals surface area (Å²) in [4.78, 5) is 31.1. The Kier molecular flexibility index (Phi) is 5.51. The van der Waals surface area contributed by atoms with Gasteiger partial charge in [0.25, 0.3) is 5.91 Å². The van der Waals surface area contributed by atoms with Crippen LogP contribution >= 0.6 is 23.4 Å². The molecule has 0 unspecified atom stereocenters. The summed E-state index contributed by atoms with van der Waals surface area (Å²) in [6.45, 7) is 0. The first kappa shape index (κ1) is 20.5. The number of carbonyl (C=O) groups is 2. The molecule has 8 heteroatoms. The molecule has 0 bridgehead atoms. The first-order chi connectivity index (χ1) is 15.6. The van der Waals surface area contributed by atoms with E-state index in [1.54, 1.807) is 30.3 Å². The summed E-state index contributed by atoms with van der Waals surface area (Å²) in [5, 5.41) is 11.2. The van der Waals surface area contributed by atoms with E-state index in [1.807, 2.05) is 48.5 Å². The molecule has 5 rings (SSSR count). The van der Waals surface area contributed by atoms with Gasteiger partial charge in [0.1, 0.15) is 5.70 Å². The number of nitrogens with zero attached hydrogens (tertiary/aromatic N) is 3. The Bertz CT molecular complexity index is 1360. The molecule has 2 aliphatic rings. The first-order valence-electron chi connectivity index (χ1n) is 9.93. The van der Waals surface area contributed by atoms with E-state index in [4.69, 9.17) is 11.6 Å². The molecular formula is C24H17ClN4O2S. The zero-order valence-electron chi connectivity index (χ0n) is 16.7. The average Bonchev–Trinajstić information content (AvgIpc) is 2.83. The molecule has 2 heterocycles. The van der Waals surface area contributed by atoms with Gasteiger partial charge in [0.2, 0.25) is 11.9 Å². The molecule has 3 aromatic rings. The number of thioether (sulfide) groups is 1. The van der Waals surface area contributed by atoms with Gasteiger partial charge in [-0.2, -0.15) is 0 Å². The summed E-state index contributed by atoms with van der Waals surface area (Å²) >= 11 is 7.33. The van der Waals surface area contributed by atoms with Crippen LogP contribution in [0.5, 0.6) is 0 Å². The van der Waals surface area contributed by atoms with Gasteiger partial charge in [-0.25, -0.2) is 10.0 Å². The van der Waals surface area contributed by atoms with E-state index in [1.165, 1.54) is 16.8 Å². The smallest absolute Gasteiger partial charge is 0.276 e. The van der Waals surface area contributed by atoms with Crippen LogP contribution in [0.2, 0.25) is 5.02 Å². The van der Waals surface area contributed by atoms with E-state index in [0.717, 1.165) is 5.56 Å². The van der Waals surface area contributed by atoms with E-state index < -0.39 is 6.17 Å². The number of hydrazone groups is 1. The highest BCUT2D eigenvalue weighted by molar-refractivity contribution is 8.13. The van der Waals surface area contributed by atoms with E-state index in [9.17, 15) is 9.59 Å². The highest BCUT2D eigenvalue weighted by Gasteiger charge is 2.37. The predicted octanol–water partition coefficient (Wildman–Crippen LogP) is 2.93. The van der Waals surface area contributed by atoms with Crippen molar-refractivity contribution in [2.24, 2.45) is 10.1 Å². The molecule has 1 N–H and O–H groups in total. The monoisotopic (exact) mass is 460 g/mol. The second kappa shape index (κ2) is 8.61. The summed E-state index contributed by atoms with van der Waals surface area (Å²) in [5.41, 5.74) is 1.87. The summed E-state index contributed by atoms with van der Waals surface area (Å²) in [5.74, 6) is 0.0507. The lowest BCUT2D eigenvalue weighted by Crippen LogP contribution is -2.54. The largest absolute Gasteiger partial charge is 0.298 e. The number of benzene rings is 3. The van der Waals surface area contributed by atoms with E-state index >= 15 is 0 Å². The Morgan fingerprint density at radius 2 is 1.72 bits per heavy atom. The Labute approximate surface area is 193 Å². The van der Waals surface area contributed by atoms with Gasteiger partial charge >= 0.3 is 0 Å². The minimum absolute atomic E-state index is 0.224. The zero-order chi connectivity index (χ0) is 22.1. The van der Waals surface area contributed by atoms with Gasteiger partial charge in [-0.05, 0) is 23.8 Å². The molecule has 0 saturated carbocycles. The molecule has 0 radical (unpaired) electrons. The second-order valence-corrected chi connectivity index (χ2v) is 8.62. The van der Waals surface area contributed by atoms with Gasteiger partial charge < -0.3 is 0 Å². The standard InChI is InChI=1S/C24H17ClN4O2S/c25-17-12-10-15(11-13-17)14-32-24-27-23(31)20-18-8-4-5-9-19(18)26-22(29(20)28-24)21(30)16-6-2-1-3-7-16/h1-13,22H,14H2,(H,27,28,31)/t22-/m0/s1. The number of Topliss-reactive ketones (excluding diaryl/α,β-unsaturated/α-hetero) is 1. The van der Waals surface area contributed by atoms with Crippen LogP contribution in [-0.4, -0.2) is 28.0 Å². The van der Waals surface area contributed by atoms with Crippen LogP contribution in [0.4, 0.5) is 0 Å². The fourth-order valence-corrected chi connectivity index (χ4v) is 4.48. The van der Waals surface area contributed by atoms with Crippen molar-refractivity contribution < 1.29 is 9.59 Å². The molecule has 0 aliphatic carbocycles. The van der Waals surface area contributed by atoms with Gasteiger partial charge in [-0.15, -0.1) is 5.10 Å². The van der Waals surface area contributed by atoms with Crippen molar-refractivity contribution in [3.05, 3.63) is 106 Å². The minimum atomic E-state index is -0.959. The Hall–Kier alpha value is -3.42. The van der Waals surface area contributed by atoms with Gasteiger partial charge in [-0.1, -0.05) is 84.0 Å². The fraction of sp³-hybridized carbons (Fsp3) is 0.0833. The quantitative estimate of drug-likeness (QED) is 0.607. The lowest BCUT2D eigenvalue weighted by molar-refractivity contribution is -0.115. The van der Waals surface area contributed by atoms with Crippen LogP contribution in [0.1, 0.15) is 15.9 Å². The maximum absolute atomic E-state index is 13.3. The Morgan fingerprint density at radius 1 is 1.00 bits per heavy atom. The number of para-hydroxylation sites is 1. The lowest BCUT2D eigenvalue weighted by atomic mass is 10.1. The summed E-state index contributed by atoms with van der Waals surface area (Å²) in [6.07, 6.45) is -0.959. The van der Waals surface area contributed by atoms with Crippen molar-refractivity contribution in [1.29, 1.82) is 0 Å².